The molecule has 1 aromatic rings. The molecule has 1 aliphatic heterocycles. The van der Waals surface area contributed by atoms with Gasteiger partial charge in [-0.1, -0.05) is 38.1 Å². The van der Waals surface area contributed by atoms with E-state index in [0.717, 1.165) is 37.8 Å². The number of nitrogens with one attached hydrogen (secondary N) is 2. The molecule has 28 heavy (non-hydrogen) atoms. The zero-order valence-corrected chi connectivity index (χ0v) is 20.2. The molecule has 0 saturated carbocycles. The molecule has 0 aliphatic carbocycles. The molecule has 2 N–H and O–H groups in total. The van der Waals surface area contributed by atoms with Crippen LogP contribution in [0.25, 0.3) is 0 Å². The molecule has 0 aromatic heterocycles. The normalized spacial score (nSPS) is 15.5. The molecular formula is C22H37IN4O. The van der Waals surface area contributed by atoms with Gasteiger partial charge >= 0.3 is 0 Å². The molecule has 1 fully saturated rings. The summed E-state index contributed by atoms with van der Waals surface area (Å²) >= 11 is 0. The Kier molecular flexibility index (Phi) is 11.5. The number of hydrogen-bond acceptors (Lipinski definition) is 2. The van der Waals surface area contributed by atoms with Crippen LogP contribution in [0, 0.1) is 5.92 Å². The molecule has 1 aliphatic rings. The molecule has 1 saturated heterocycles. The number of aliphatic imine (C=N–C) groups is 1. The first kappa shape index (κ1) is 24.7. The van der Waals surface area contributed by atoms with Gasteiger partial charge in [-0.05, 0) is 50.2 Å². The highest BCUT2D eigenvalue weighted by molar-refractivity contribution is 14.0. The molecule has 1 atom stereocenters. The van der Waals surface area contributed by atoms with E-state index in [4.69, 9.17) is 4.99 Å². The summed E-state index contributed by atoms with van der Waals surface area (Å²) in [6.45, 7) is 11.9. The van der Waals surface area contributed by atoms with Gasteiger partial charge in [0.2, 0.25) is 5.91 Å². The number of nitrogens with zero attached hydrogens (tertiary/aromatic N) is 2. The number of hydrogen-bond donors (Lipinski definition) is 2. The van der Waals surface area contributed by atoms with Crippen LogP contribution in [0.1, 0.15) is 64.5 Å². The van der Waals surface area contributed by atoms with Gasteiger partial charge in [-0.15, -0.1) is 24.0 Å². The van der Waals surface area contributed by atoms with Gasteiger partial charge in [0.05, 0.1) is 6.54 Å². The number of amides is 1. The summed E-state index contributed by atoms with van der Waals surface area (Å²) in [5, 5.41) is 6.85. The van der Waals surface area contributed by atoms with Crippen molar-refractivity contribution in [1.82, 2.24) is 15.5 Å². The van der Waals surface area contributed by atoms with E-state index < -0.39 is 0 Å². The van der Waals surface area contributed by atoms with Crippen molar-refractivity contribution in [3.05, 3.63) is 35.4 Å². The minimum Gasteiger partial charge on any atom is -0.357 e. The van der Waals surface area contributed by atoms with E-state index in [1.807, 2.05) is 4.90 Å². The zero-order valence-electron chi connectivity index (χ0n) is 17.8. The van der Waals surface area contributed by atoms with Crippen molar-refractivity contribution in [1.29, 1.82) is 0 Å². The van der Waals surface area contributed by atoms with E-state index in [1.54, 1.807) is 0 Å². The molecule has 5 nitrogen and oxygen atoms in total. The number of guanidine groups is 1. The van der Waals surface area contributed by atoms with Gasteiger partial charge in [-0.25, -0.2) is 4.99 Å². The fraction of sp³-hybridized carbons (Fsp3) is 0.636. The van der Waals surface area contributed by atoms with E-state index in [-0.39, 0.29) is 29.9 Å². The smallest absolute Gasteiger partial charge is 0.222 e. The molecule has 1 unspecified atom stereocenters. The van der Waals surface area contributed by atoms with Crippen LogP contribution >= 0.6 is 24.0 Å². The van der Waals surface area contributed by atoms with Crippen LogP contribution in [-0.4, -0.2) is 35.9 Å². The SMILES string of the molecule is CCNC(=NCc1cccc(CN2CCCC2=O)c1)NC(C)CCC(C)C.I. The Morgan fingerprint density at radius 2 is 1.96 bits per heavy atom. The maximum Gasteiger partial charge on any atom is 0.222 e. The van der Waals surface area contributed by atoms with Gasteiger partial charge in [-0.3, -0.25) is 4.79 Å². The largest absolute Gasteiger partial charge is 0.357 e. The van der Waals surface area contributed by atoms with Crippen molar-refractivity contribution in [2.45, 2.75) is 72.5 Å². The summed E-state index contributed by atoms with van der Waals surface area (Å²) < 4.78 is 0. The Labute approximate surface area is 187 Å². The van der Waals surface area contributed by atoms with Gasteiger partial charge < -0.3 is 15.5 Å². The predicted octanol–water partition coefficient (Wildman–Crippen LogP) is 4.31. The third kappa shape index (κ3) is 8.80. The zero-order chi connectivity index (χ0) is 19.6. The summed E-state index contributed by atoms with van der Waals surface area (Å²) in [5.74, 6) is 1.86. The molecule has 0 bridgehead atoms. The highest BCUT2D eigenvalue weighted by Gasteiger charge is 2.19. The van der Waals surface area contributed by atoms with Crippen molar-refractivity contribution >= 4 is 35.8 Å². The fourth-order valence-electron chi connectivity index (χ4n) is 3.30. The average molecular weight is 500 g/mol. The Bertz CT molecular complexity index is 633. The first-order valence-corrected chi connectivity index (χ1v) is 10.4. The Hall–Kier alpha value is -1.31. The number of likely N-dealkylation sites (tertiary alicyclic amines) is 1. The molecular weight excluding hydrogens is 463 g/mol. The molecule has 158 valence electrons. The standard InChI is InChI=1S/C22H36N4O.HI/c1-5-23-22(25-18(4)12-11-17(2)3)24-15-19-8-6-9-20(14-19)16-26-13-7-10-21(26)27;/h6,8-9,14,17-18H,5,7,10-13,15-16H2,1-4H3,(H2,23,24,25);1H. The summed E-state index contributed by atoms with van der Waals surface area (Å²) in [7, 11) is 0. The van der Waals surface area contributed by atoms with Crippen molar-refractivity contribution < 1.29 is 4.79 Å². The second-order valence-corrected chi connectivity index (χ2v) is 7.95. The molecule has 6 heteroatoms. The summed E-state index contributed by atoms with van der Waals surface area (Å²) in [6, 6.07) is 8.83. The van der Waals surface area contributed by atoms with Crippen LogP contribution in [0.5, 0.6) is 0 Å². The van der Waals surface area contributed by atoms with E-state index in [9.17, 15) is 4.79 Å². The Balaban J connectivity index is 0.00000392. The van der Waals surface area contributed by atoms with Crippen molar-refractivity contribution in [2.24, 2.45) is 10.9 Å². The first-order valence-electron chi connectivity index (χ1n) is 10.4. The minimum absolute atomic E-state index is 0. The first-order chi connectivity index (χ1) is 13.0. The lowest BCUT2D eigenvalue weighted by Gasteiger charge is -2.19. The summed E-state index contributed by atoms with van der Waals surface area (Å²) in [5.41, 5.74) is 2.35. The maximum atomic E-state index is 11.8. The lowest BCUT2D eigenvalue weighted by atomic mass is 10.0. The van der Waals surface area contributed by atoms with Gasteiger partial charge in [0.25, 0.3) is 0 Å². The lowest BCUT2D eigenvalue weighted by Crippen LogP contribution is -2.42. The molecule has 1 heterocycles. The Morgan fingerprint density at radius 3 is 2.61 bits per heavy atom. The van der Waals surface area contributed by atoms with Crippen LogP contribution in [0.4, 0.5) is 0 Å². The monoisotopic (exact) mass is 500 g/mol. The number of carbonyl (C=O) groups is 1. The number of halogens is 1. The summed E-state index contributed by atoms with van der Waals surface area (Å²) in [4.78, 5) is 18.5. The highest BCUT2D eigenvalue weighted by atomic mass is 127. The van der Waals surface area contributed by atoms with Gasteiger partial charge in [0, 0.05) is 32.1 Å². The topological polar surface area (TPSA) is 56.7 Å². The minimum atomic E-state index is 0. The van der Waals surface area contributed by atoms with E-state index in [0.29, 0.717) is 25.6 Å². The second-order valence-electron chi connectivity index (χ2n) is 7.95. The summed E-state index contributed by atoms with van der Waals surface area (Å²) in [6.07, 6.45) is 4.03. The van der Waals surface area contributed by atoms with Crippen LogP contribution in [0.3, 0.4) is 0 Å². The molecule has 1 amide bonds. The molecule has 0 radical (unpaired) electrons. The quantitative estimate of drug-likeness (QED) is 0.302. The van der Waals surface area contributed by atoms with Crippen LogP contribution < -0.4 is 10.6 Å². The van der Waals surface area contributed by atoms with Crippen molar-refractivity contribution in [2.75, 3.05) is 13.1 Å². The number of carbonyl (C=O) groups excluding carboxylic acids is 1. The highest BCUT2D eigenvalue weighted by Crippen LogP contribution is 2.15. The van der Waals surface area contributed by atoms with E-state index >= 15 is 0 Å². The van der Waals surface area contributed by atoms with Gasteiger partial charge in [0.15, 0.2) is 5.96 Å². The van der Waals surface area contributed by atoms with E-state index in [2.05, 4.69) is 62.6 Å². The Morgan fingerprint density at radius 1 is 1.21 bits per heavy atom. The second kappa shape index (κ2) is 13.0. The third-order valence-corrected chi connectivity index (χ3v) is 4.86. The lowest BCUT2D eigenvalue weighted by molar-refractivity contribution is -0.128. The van der Waals surface area contributed by atoms with Crippen molar-refractivity contribution in [3.8, 4) is 0 Å². The molecule has 1 aromatic carbocycles. The number of rotatable bonds is 9. The van der Waals surface area contributed by atoms with Gasteiger partial charge in [0.1, 0.15) is 0 Å². The third-order valence-electron chi connectivity index (χ3n) is 4.86. The molecule has 0 spiro atoms. The van der Waals surface area contributed by atoms with Crippen LogP contribution in [0.2, 0.25) is 0 Å². The average Bonchev–Trinajstić information content (AvgIpc) is 3.03. The fourth-order valence-corrected chi connectivity index (χ4v) is 3.30. The number of benzene rings is 1. The maximum absolute atomic E-state index is 11.8. The van der Waals surface area contributed by atoms with Crippen LogP contribution in [0.15, 0.2) is 29.3 Å². The van der Waals surface area contributed by atoms with Crippen molar-refractivity contribution in [3.63, 3.8) is 0 Å². The predicted molar refractivity (Wildman–Crippen MR) is 128 cm³/mol. The van der Waals surface area contributed by atoms with Gasteiger partial charge in [-0.2, -0.15) is 0 Å². The van der Waals surface area contributed by atoms with Crippen LogP contribution in [-0.2, 0) is 17.9 Å². The van der Waals surface area contributed by atoms with E-state index in [1.165, 1.54) is 17.5 Å². The molecule has 2 rings (SSSR count).